The Balaban J connectivity index is 1.80. The highest BCUT2D eigenvalue weighted by molar-refractivity contribution is 5.55. The third-order valence-electron chi connectivity index (χ3n) is 3.74. The molecule has 1 fully saturated rings. The minimum absolute atomic E-state index is 0.0563. The molecule has 6 nitrogen and oxygen atoms in total. The van der Waals surface area contributed by atoms with Crippen molar-refractivity contribution in [1.29, 1.82) is 0 Å². The van der Waals surface area contributed by atoms with Gasteiger partial charge in [-0.2, -0.15) is 4.98 Å². The third kappa shape index (κ3) is 2.54. The standard InChI is InChI=1S/C14H15N3O3/c18-17(19)12-8-6-11(7-9-12)14-15-13(16-20-14)10-4-2-1-3-5-10/h6-10H,1-5H2. The predicted molar refractivity (Wildman–Crippen MR) is 72.2 cm³/mol. The lowest BCUT2D eigenvalue weighted by Gasteiger charge is -2.17. The molecule has 6 heteroatoms. The smallest absolute Gasteiger partial charge is 0.269 e. The lowest BCUT2D eigenvalue weighted by Crippen LogP contribution is -2.06. The van der Waals surface area contributed by atoms with Crippen molar-refractivity contribution >= 4 is 5.69 Å². The molecule has 20 heavy (non-hydrogen) atoms. The first kappa shape index (κ1) is 12.8. The molecular weight excluding hydrogens is 258 g/mol. The molecule has 0 saturated heterocycles. The number of non-ortho nitro benzene ring substituents is 1. The first-order valence-corrected chi connectivity index (χ1v) is 6.82. The average Bonchev–Trinajstić information content (AvgIpc) is 2.98. The van der Waals surface area contributed by atoms with Gasteiger partial charge in [0.1, 0.15) is 0 Å². The highest BCUT2D eigenvalue weighted by Gasteiger charge is 2.21. The summed E-state index contributed by atoms with van der Waals surface area (Å²) in [5, 5.41) is 14.7. The number of benzene rings is 1. The van der Waals surface area contributed by atoms with Crippen LogP contribution in [0.1, 0.15) is 43.8 Å². The lowest BCUT2D eigenvalue weighted by atomic mass is 9.89. The lowest BCUT2D eigenvalue weighted by molar-refractivity contribution is -0.384. The molecule has 1 aromatic carbocycles. The van der Waals surface area contributed by atoms with Gasteiger partial charge >= 0.3 is 0 Å². The predicted octanol–water partition coefficient (Wildman–Crippen LogP) is 3.69. The van der Waals surface area contributed by atoms with Crippen molar-refractivity contribution in [1.82, 2.24) is 10.1 Å². The first-order chi connectivity index (χ1) is 9.74. The van der Waals surface area contributed by atoms with Crippen LogP contribution < -0.4 is 0 Å². The Kier molecular flexibility index (Phi) is 3.45. The minimum atomic E-state index is -0.426. The summed E-state index contributed by atoms with van der Waals surface area (Å²) < 4.78 is 5.27. The molecule has 0 aliphatic heterocycles. The normalized spacial score (nSPS) is 16.2. The van der Waals surface area contributed by atoms with Gasteiger partial charge in [0.25, 0.3) is 11.6 Å². The Morgan fingerprint density at radius 3 is 2.50 bits per heavy atom. The van der Waals surface area contributed by atoms with Crippen molar-refractivity contribution in [3.8, 4) is 11.5 Å². The van der Waals surface area contributed by atoms with Gasteiger partial charge in [-0.15, -0.1) is 0 Å². The van der Waals surface area contributed by atoms with Crippen molar-refractivity contribution in [2.45, 2.75) is 38.0 Å². The molecule has 1 saturated carbocycles. The van der Waals surface area contributed by atoms with Gasteiger partial charge in [0, 0.05) is 23.6 Å². The maximum atomic E-state index is 10.6. The summed E-state index contributed by atoms with van der Waals surface area (Å²) in [6.07, 6.45) is 5.93. The zero-order chi connectivity index (χ0) is 13.9. The van der Waals surface area contributed by atoms with Crippen LogP contribution in [-0.4, -0.2) is 15.1 Å². The monoisotopic (exact) mass is 273 g/mol. The van der Waals surface area contributed by atoms with E-state index in [0.717, 1.165) is 18.7 Å². The molecule has 0 spiro atoms. The maximum Gasteiger partial charge on any atom is 0.269 e. The zero-order valence-electron chi connectivity index (χ0n) is 11.0. The van der Waals surface area contributed by atoms with Crippen LogP contribution in [0, 0.1) is 10.1 Å². The van der Waals surface area contributed by atoms with Crippen molar-refractivity contribution < 1.29 is 9.45 Å². The van der Waals surface area contributed by atoms with Gasteiger partial charge in [0.05, 0.1) is 4.92 Å². The molecule has 1 heterocycles. The average molecular weight is 273 g/mol. The second-order valence-corrected chi connectivity index (χ2v) is 5.10. The van der Waals surface area contributed by atoms with Crippen LogP contribution in [0.5, 0.6) is 0 Å². The maximum absolute atomic E-state index is 10.6. The van der Waals surface area contributed by atoms with E-state index in [1.807, 2.05) is 0 Å². The minimum Gasteiger partial charge on any atom is -0.334 e. The Morgan fingerprint density at radius 2 is 1.85 bits per heavy atom. The van der Waals surface area contributed by atoms with E-state index in [4.69, 9.17) is 4.52 Å². The number of hydrogen-bond donors (Lipinski definition) is 0. The second-order valence-electron chi connectivity index (χ2n) is 5.10. The number of nitrogens with zero attached hydrogens (tertiary/aromatic N) is 3. The largest absolute Gasteiger partial charge is 0.334 e. The van der Waals surface area contributed by atoms with Crippen molar-refractivity contribution in [3.05, 3.63) is 40.2 Å². The zero-order valence-corrected chi connectivity index (χ0v) is 11.0. The van der Waals surface area contributed by atoms with E-state index in [9.17, 15) is 10.1 Å². The number of nitro benzene ring substituents is 1. The van der Waals surface area contributed by atoms with Crippen LogP contribution in [-0.2, 0) is 0 Å². The van der Waals surface area contributed by atoms with Gasteiger partial charge in [0.15, 0.2) is 5.82 Å². The summed E-state index contributed by atoms with van der Waals surface area (Å²) in [7, 11) is 0. The van der Waals surface area contributed by atoms with Crippen LogP contribution in [0.15, 0.2) is 28.8 Å². The molecule has 2 aromatic rings. The molecule has 0 amide bonds. The molecule has 0 N–H and O–H groups in total. The van der Waals surface area contributed by atoms with E-state index in [0.29, 0.717) is 17.4 Å². The molecule has 0 radical (unpaired) electrons. The van der Waals surface area contributed by atoms with Gasteiger partial charge < -0.3 is 4.52 Å². The van der Waals surface area contributed by atoms with Gasteiger partial charge in [-0.1, -0.05) is 24.4 Å². The van der Waals surface area contributed by atoms with E-state index in [2.05, 4.69) is 10.1 Å². The number of aromatic nitrogens is 2. The molecule has 104 valence electrons. The summed E-state index contributed by atoms with van der Waals surface area (Å²) >= 11 is 0. The molecule has 1 aliphatic rings. The summed E-state index contributed by atoms with van der Waals surface area (Å²) in [6.45, 7) is 0. The number of rotatable bonds is 3. The Morgan fingerprint density at radius 1 is 1.15 bits per heavy atom. The van der Waals surface area contributed by atoms with Gasteiger partial charge in [-0.25, -0.2) is 0 Å². The molecular formula is C14H15N3O3. The Bertz CT molecular complexity index is 600. The molecule has 0 bridgehead atoms. The highest BCUT2D eigenvalue weighted by Crippen LogP contribution is 2.32. The topological polar surface area (TPSA) is 82.1 Å². The van der Waals surface area contributed by atoms with Crippen molar-refractivity contribution in [2.24, 2.45) is 0 Å². The quantitative estimate of drug-likeness (QED) is 0.629. The van der Waals surface area contributed by atoms with E-state index in [1.165, 1.54) is 31.4 Å². The molecule has 0 atom stereocenters. The first-order valence-electron chi connectivity index (χ1n) is 6.82. The SMILES string of the molecule is O=[N+]([O-])c1ccc(-c2nc(C3CCCCC3)no2)cc1. The van der Waals surface area contributed by atoms with E-state index < -0.39 is 4.92 Å². The Labute approximate surface area is 116 Å². The fraction of sp³-hybridized carbons (Fsp3) is 0.429. The number of hydrogen-bond acceptors (Lipinski definition) is 5. The second kappa shape index (κ2) is 5.40. The summed E-state index contributed by atoms with van der Waals surface area (Å²) in [5.74, 6) is 1.58. The van der Waals surface area contributed by atoms with E-state index in [1.54, 1.807) is 12.1 Å². The Hall–Kier alpha value is -2.24. The van der Waals surface area contributed by atoms with Crippen LogP contribution in [0.25, 0.3) is 11.5 Å². The van der Waals surface area contributed by atoms with Crippen LogP contribution >= 0.6 is 0 Å². The third-order valence-corrected chi connectivity index (χ3v) is 3.74. The summed E-state index contributed by atoms with van der Waals surface area (Å²) in [5.41, 5.74) is 0.769. The van der Waals surface area contributed by atoms with Crippen molar-refractivity contribution in [3.63, 3.8) is 0 Å². The molecule has 1 aliphatic carbocycles. The summed E-state index contributed by atoms with van der Waals surface area (Å²) in [4.78, 5) is 14.6. The van der Waals surface area contributed by atoms with Crippen LogP contribution in [0.4, 0.5) is 5.69 Å². The van der Waals surface area contributed by atoms with E-state index in [-0.39, 0.29) is 5.69 Å². The van der Waals surface area contributed by atoms with Gasteiger partial charge in [-0.05, 0) is 25.0 Å². The molecule has 1 aromatic heterocycles. The van der Waals surface area contributed by atoms with Crippen molar-refractivity contribution in [2.75, 3.05) is 0 Å². The van der Waals surface area contributed by atoms with E-state index >= 15 is 0 Å². The van der Waals surface area contributed by atoms with Gasteiger partial charge in [-0.3, -0.25) is 10.1 Å². The molecule has 0 unspecified atom stereocenters. The highest BCUT2D eigenvalue weighted by atomic mass is 16.6. The van der Waals surface area contributed by atoms with Crippen LogP contribution in [0.2, 0.25) is 0 Å². The van der Waals surface area contributed by atoms with Gasteiger partial charge in [0.2, 0.25) is 0 Å². The fourth-order valence-corrected chi connectivity index (χ4v) is 2.60. The van der Waals surface area contributed by atoms with Crippen LogP contribution in [0.3, 0.4) is 0 Å². The number of nitro groups is 1. The fourth-order valence-electron chi connectivity index (χ4n) is 2.60. The molecule has 3 rings (SSSR count). The summed E-state index contributed by atoms with van der Waals surface area (Å²) in [6, 6.07) is 6.16.